The van der Waals surface area contributed by atoms with Gasteiger partial charge in [0.05, 0.1) is 16.5 Å². The van der Waals surface area contributed by atoms with Crippen LogP contribution in [0.25, 0.3) is 11.0 Å². The van der Waals surface area contributed by atoms with Crippen molar-refractivity contribution in [2.24, 2.45) is 12.5 Å². The maximum atomic E-state index is 12.8. The quantitative estimate of drug-likeness (QED) is 0.792. The summed E-state index contributed by atoms with van der Waals surface area (Å²) in [6.07, 6.45) is 2.96. The Bertz CT molecular complexity index is 828. The van der Waals surface area contributed by atoms with Crippen molar-refractivity contribution in [2.45, 2.75) is 33.1 Å². The predicted octanol–water partition coefficient (Wildman–Crippen LogP) is 1.43. The normalized spacial score (nSPS) is 24.6. The van der Waals surface area contributed by atoms with E-state index in [2.05, 4.69) is 15.0 Å². The number of rotatable bonds is 1. The lowest BCUT2D eigenvalue weighted by molar-refractivity contribution is -0.143. The molecule has 2 aromatic heterocycles. The second kappa shape index (κ2) is 5.16. The summed E-state index contributed by atoms with van der Waals surface area (Å²) in [5.41, 5.74) is 1.56. The van der Waals surface area contributed by atoms with Gasteiger partial charge in [-0.15, -0.1) is 0 Å². The molecule has 2 fully saturated rings. The Labute approximate surface area is 141 Å². The molecule has 4 heterocycles. The Morgan fingerprint density at radius 3 is 2.67 bits per heavy atom. The van der Waals surface area contributed by atoms with Crippen LogP contribution >= 0.6 is 0 Å². The van der Waals surface area contributed by atoms with Gasteiger partial charge in [0.1, 0.15) is 11.6 Å². The van der Waals surface area contributed by atoms with Crippen molar-refractivity contribution in [3.63, 3.8) is 0 Å². The minimum Gasteiger partial charge on any atom is -0.355 e. The van der Waals surface area contributed by atoms with Gasteiger partial charge in [-0.2, -0.15) is 5.10 Å². The Hall–Kier alpha value is -2.18. The van der Waals surface area contributed by atoms with Gasteiger partial charge < -0.3 is 9.80 Å². The summed E-state index contributed by atoms with van der Waals surface area (Å²) in [6.45, 7) is 6.39. The highest BCUT2D eigenvalue weighted by molar-refractivity contribution is 5.91. The molecule has 0 aliphatic carbocycles. The highest BCUT2D eigenvalue weighted by Gasteiger charge is 2.48. The summed E-state index contributed by atoms with van der Waals surface area (Å²) >= 11 is 0. The van der Waals surface area contributed by atoms with Crippen molar-refractivity contribution in [3.8, 4) is 0 Å². The molecule has 2 aliphatic rings. The SMILES string of the molecule is Cc1nc(N2CCC3(CCCN(C)C3=O)C2)c2c(C)nn(C)c2n1. The average Bonchev–Trinajstić information content (AvgIpc) is 3.08. The zero-order valence-corrected chi connectivity index (χ0v) is 14.8. The van der Waals surface area contributed by atoms with Crippen LogP contribution in [-0.2, 0) is 11.8 Å². The van der Waals surface area contributed by atoms with E-state index in [4.69, 9.17) is 4.98 Å². The Morgan fingerprint density at radius 2 is 1.88 bits per heavy atom. The van der Waals surface area contributed by atoms with E-state index in [-0.39, 0.29) is 5.41 Å². The largest absolute Gasteiger partial charge is 0.355 e. The van der Waals surface area contributed by atoms with Crippen molar-refractivity contribution in [2.75, 3.05) is 31.6 Å². The maximum Gasteiger partial charge on any atom is 0.230 e. The highest BCUT2D eigenvalue weighted by Crippen LogP contribution is 2.42. The van der Waals surface area contributed by atoms with Crippen LogP contribution in [0.15, 0.2) is 0 Å². The lowest BCUT2D eigenvalue weighted by atomic mass is 9.78. The molecular weight excluding hydrogens is 304 g/mol. The lowest BCUT2D eigenvalue weighted by Gasteiger charge is -2.37. The molecule has 4 rings (SSSR count). The van der Waals surface area contributed by atoms with E-state index in [1.165, 1.54) is 0 Å². The zero-order valence-electron chi connectivity index (χ0n) is 14.8. The van der Waals surface area contributed by atoms with Crippen LogP contribution in [0, 0.1) is 19.3 Å². The number of fused-ring (bicyclic) bond motifs is 1. The van der Waals surface area contributed by atoms with Crippen LogP contribution in [0.1, 0.15) is 30.8 Å². The molecule has 1 spiro atoms. The van der Waals surface area contributed by atoms with Gasteiger partial charge in [0.25, 0.3) is 0 Å². The molecule has 1 amide bonds. The van der Waals surface area contributed by atoms with Crippen molar-refractivity contribution >= 4 is 22.8 Å². The third-order valence-corrected chi connectivity index (χ3v) is 5.55. The number of likely N-dealkylation sites (tertiary alicyclic amines) is 1. The molecular formula is C17H24N6O. The van der Waals surface area contributed by atoms with Gasteiger partial charge in [-0.3, -0.25) is 9.48 Å². The fraction of sp³-hybridized carbons (Fsp3) is 0.647. The molecule has 0 saturated carbocycles. The minimum atomic E-state index is -0.242. The molecule has 0 bridgehead atoms. The van der Waals surface area contributed by atoms with Gasteiger partial charge in [0, 0.05) is 33.7 Å². The van der Waals surface area contributed by atoms with Crippen LogP contribution in [0.4, 0.5) is 5.82 Å². The number of aryl methyl sites for hydroxylation is 3. The fourth-order valence-electron chi connectivity index (χ4n) is 4.35. The van der Waals surface area contributed by atoms with E-state index >= 15 is 0 Å². The number of nitrogens with zero attached hydrogens (tertiary/aromatic N) is 6. The predicted molar refractivity (Wildman–Crippen MR) is 91.9 cm³/mol. The standard InChI is InChI=1S/C17H24N6O/c1-11-13-14(22(4)20-11)18-12(2)19-15(13)23-9-7-17(10-23)6-5-8-21(3)16(17)24/h5-10H2,1-4H3. The van der Waals surface area contributed by atoms with Crippen LogP contribution in [0.5, 0.6) is 0 Å². The summed E-state index contributed by atoms with van der Waals surface area (Å²) in [4.78, 5) is 26.2. The molecule has 1 atom stereocenters. The molecule has 7 heteroatoms. The molecule has 24 heavy (non-hydrogen) atoms. The molecule has 2 aliphatic heterocycles. The number of carbonyl (C=O) groups excluding carboxylic acids is 1. The first-order chi connectivity index (χ1) is 11.4. The summed E-state index contributed by atoms with van der Waals surface area (Å²) in [7, 11) is 3.83. The molecule has 128 valence electrons. The number of carbonyl (C=O) groups is 1. The summed E-state index contributed by atoms with van der Waals surface area (Å²) in [5.74, 6) is 1.97. The summed E-state index contributed by atoms with van der Waals surface area (Å²) in [6, 6.07) is 0. The molecule has 0 aromatic carbocycles. The summed E-state index contributed by atoms with van der Waals surface area (Å²) < 4.78 is 1.81. The van der Waals surface area contributed by atoms with Crippen LogP contribution in [0.3, 0.4) is 0 Å². The first kappa shape index (κ1) is 15.4. The Balaban J connectivity index is 1.76. The smallest absolute Gasteiger partial charge is 0.230 e. The Morgan fingerprint density at radius 1 is 1.08 bits per heavy atom. The third kappa shape index (κ3) is 2.10. The number of aromatic nitrogens is 4. The number of anilines is 1. The molecule has 1 unspecified atom stereocenters. The Kier molecular flexibility index (Phi) is 3.30. The topological polar surface area (TPSA) is 67.2 Å². The first-order valence-corrected chi connectivity index (χ1v) is 8.60. The van der Waals surface area contributed by atoms with E-state index in [1.807, 2.05) is 37.5 Å². The van der Waals surface area contributed by atoms with Crippen LogP contribution < -0.4 is 4.90 Å². The number of hydrogen-bond acceptors (Lipinski definition) is 5. The van der Waals surface area contributed by atoms with Gasteiger partial charge >= 0.3 is 0 Å². The number of hydrogen-bond donors (Lipinski definition) is 0. The van der Waals surface area contributed by atoms with Gasteiger partial charge in [0.2, 0.25) is 5.91 Å². The second-order valence-corrected chi connectivity index (χ2v) is 7.28. The average molecular weight is 328 g/mol. The van der Waals surface area contributed by atoms with Crippen molar-refractivity contribution in [1.29, 1.82) is 0 Å². The van der Waals surface area contributed by atoms with Crippen molar-refractivity contribution < 1.29 is 4.79 Å². The van der Waals surface area contributed by atoms with Gasteiger partial charge in [0.15, 0.2) is 5.65 Å². The fourth-order valence-corrected chi connectivity index (χ4v) is 4.35. The molecule has 2 aromatic rings. The van der Waals surface area contributed by atoms with E-state index in [1.54, 1.807) is 0 Å². The first-order valence-electron chi connectivity index (χ1n) is 8.60. The second-order valence-electron chi connectivity index (χ2n) is 7.28. The van der Waals surface area contributed by atoms with Gasteiger partial charge in [-0.05, 0) is 33.1 Å². The monoisotopic (exact) mass is 328 g/mol. The molecule has 7 nitrogen and oxygen atoms in total. The summed E-state index contributed by atoms with van der Waals surface area (Å²) in [5, 5.41) is 5.52. The van der Waals surface area contributed by atoms with Gasteiger partial charge in [-0.1, -0.05) is 0 Å². The minimum absolute atomic E-state index is 0.242. The van der Waals surface area contributed by atoms with Crippen molar-refractivity contribution in [3.05, 3.63) is 11.5 Å². The van der Waals surface area contributed by atoms with Crippen molar-refractivity contribution in [1.82, 2.24) is 24.6 Å². The molecule has 0 N–H and O–H groups in total. The van der Waals surface area contributed by atoms with Gasteiger partial charge in [-0.25, -0.2) is 9.97 Å². The number of amides is 1. The maximum absolute atomic E-state index is 12.8. The van der Waals surface area contributed by atoms with E-state index in [9.17, 15) is 4.79 Å². The highest BCUT2D eigenvalue weighted by atomic mass is 16.2. The number of piperidine rings is 1. The van der Waals surface area contributed by atoms with E-state index < -0.39 is 0 Å². The lowest BCUT2D eigenvalue weighted by Crippen LogP contribution is -2.48. The van der Waals surface area contributed by atoms with E-state index in [0.717, 1.165) is 67.3 Å². The molecule has 2 saturated heterocycles. The molecule has 0 radical (unpaired) electrons. The van der Waals surface area contributed by atoms with Crippen LogP contribution in [0.2, 0.25) is 0 Å². The third-order valence-electron chi connectivity index (χ3n) is 5.55. The van der Waals surface area contributed by atoms with Crippen LogP contribution in [-0.4, -0.2) is 57.2 Å². The zero-order chi connectivity index (χ0) is 17.1. The van der Waals surface area contributed by atoms with E-state index in [0.29, 0.717) is 5.91 Å².